The number of nitrogens with zero attached hydrogens (tertiary/aromatic N) is 6. The molecule has 3 aromatic rings. The summed E-state index contributed by atoms with van der Waals surface area (Å²) in [6.07, 6.45) is 7.01. The Labute approximate surface area is 162 Å². The molecular formula is C20H22N6O2. The normalized spacial score (nSPS) is 18.4. The van der Waals surface area contributed by atoms with E-state index in [-0.39, 0.29) is 5.91 Å². The number of imidazole rings is 1. The molecule has 0 saturated carbocycles. The largest absolute Gasteiger partial charge is 0.379 e. The highest BCUT2D eigenvalue weighted by Crippen LogP contribution is 2.21. The Morgan fingerprint density at radius 1 is 1.18 bits per heavy atom. The molecule has 0 aromatic carbocycles. The molecule has 0 spiro atoms. The van der Waals surface area contributed by atoms with E-state index >= 15 is 0 Å². The molecule has 5 rings (SSSR count). The first-order valence-electron chi connectivity index (χ1n) is 9.59. The van der Waals surface area contributed by atoms with Crippen LogP contribution in [0.15, 0.2) is 43.1 Å². The van der Waals surface area contributed by atoms with E-state index in [1.54, 1.807) is 18.7 Å². The Morgan fingerprint density at radius 3 is 2.82 bits per heavy atom. The van der Waals surface area contributed by atoms with Crippen molar-refractivity contribution in [2.45, 2.75) is 12.6 Å². The lowest BCUT2D eigenvalue weighted by molar-refractivity contribution is -0.0256. The van der Waals surface area contributed by atoms with Crippen molar-refractivity contribution in [3.63, 3.8) is 0 Å². The van der Waals surface area contributed by atoms with Gasteiger partial charge in [0.25, 0.3) is 5.91 Å². The molecule has 0 atom stereocenters. The molecule has 2 saturated heterocycles. The molecule has 3 aromatic heterocycles. The summed E-state index contributed by atoms with van der Waals surface area (Å²) in [7, 11) is 0. The average Bonchev–Trinajstić information content (AvgIpc) is 3.10. The number of hydrogen-bond donors (Lipinski definition) is 0. The summed E-state index contributed by atoms with van der Waals surface area (Å²) >= 11 is 0. The van der Waals surface area contributed by atoms with Crippen LogP contribution < -0.4 is 0 Å². The van der Waals surface area contributed by atoms with Crippen LogP contribution in [-0.2, 0) is 11.3 Å². The maximum absolute atomic E-state index is 12.8. The fourth-order valence-corrected chi connectivity index (χ4v) is 3.85. The van der Waals surface area contributed by atoms with Crippen LogP contribution in [0.4, 0.5) is 0 Å². The maximum atomic E-state index is 12.8. The lowest BCUT2D eigenvalue weighted by atomic mass is 10.0. The van der Waals surface area contributed by atoms with E-state index in [0.29, 0.717) is 18.2 Å². The van der Waals surface area contributed by atoms with E-state index in [2.05, 4.69) is 19.9 Å². The van der Waals surface area contributed by atoms with E-state index in [1.807, 2.05) is 33.9 Å². The van der Waals surface area contributed by atoms with Crippen molar-refractivity contribution in [1.82, 2.24) is 29.3 Å². The molecule has 28 heavy (non-hydrogen) atoms. The number of rotatable bonds is 4. The third-order valence-electron chi connectivity index (χ3n) is 5.49. The molecule has 8 nitrogen and oxygen atoms in total. The zero-order chi connectivity index (χ0) is 18.9. The number of morpholine rings is 1. The van der Waals surface area contributed by atoms with Crippen molar-refractivity contribution in [1.29, 1.82) is 0 Å². The van der Waals surface area contributed by atoms with Gasteiger partial charge in [0.15, 0.2) is 5.65 Å². The van der Waals surface area contributed by atoms with Crippen LogP contribution in [0.2, 0.25) is 0 Å². The number of aromatic nitrogens is 4. The molecule has 0 unspecified atom stereocenters. The van der Waals surface area contributed by atoms with E-state index < -0.39 is 0 Å². The molecule has 2 fully saturated rings. The fraction of sp³-hybridized carbons (Fsp3) is 0.400. The standard InChI is InChI=1S/C20H22N6O2/c27-20(25-12-17(13-25)24-4-6-28-7-5-24)16-8-18-19(22-10-16)26(14-23-18)11-15-2-1-3-21-9-15/h1-3,8-10,14,17H,4-7,11-13H2. The highest BCUT2D eigenvalue weighted by Gasteiger charge is 2.35. The second kappa shape index (κ2) is 7.29. The monoisotopic (exact) mass is 378 g/mol. The molecule has 0 N–H and O–H groups in total. The van der Waals surface area contributed by atoms with Gasteiger partial charge in [-0.25, -0.2) is 9.97 Å². The first kappa shape index (κ1) is 17.3. The number of hydrogen-bond acceptors (Lipinski definition) is 6. The van der Waals surface area contributed by atoms with Gasteiger partial charge in [-0.1, -0.05) is 6.07 Å². The number of fused-ring (bicyclic) bond motifs is 1. The summed E-state index contributed by atoms with van der Waals surface area (Å²) in [6, 6.07) is 6.22. The second-order valence-corrected chi connectivity index (χ2v) is 7.31. The predicted octanol–water partition coefficient (Wildman–Crippen LogP) is 1.03. The molecule has 0 radical (unpaired) electrons. The number of ether oxygens (including phenoxy) is 1. The lowest BCUT2D eigenvalue weighted by Crippen LogP contribution is -2.62. The van der Waals surface area contributed by atoms with Gasteiger partial charge in [0, 0.05) is 50.8 Å². The van der Waals surface area contributed by atoms with Crippen molar-refractivity contribution in [2.75, 3.05) is 39.4 Å². The summed E-state index contributed by atoms with van der Waals surface area (Å²) in [6.45, 7) is 5.67. The van der Waals surface area contributed by atoms with Gasteiger partial charge in [0.05, 0.1) is 31.6 Å². The minimum atomic E-state index is 0.0284. The van der Waals surface area contributed by atoms with Gasteiger partial charge in [-0.3, -0.25) is 14.7 Å². The van der Waals surface area contributed by atoms with Crippen molar-refractivity contribution in [3.8, 4) is 0 Å². The van der Waals surface area contributed by atoms with Crippen LogP contribution in [0.1, 0.15) is 15.9 Å². The van der Waals surface area contributed by atoms with Gasteiger partial charge in [-0.05, 0) is 17.7 Å². The molecule has 1 amide bonds. The third-order valence-corrected chi connectivity index (χ3v) is 5.49. The topological polar surface area (TPSA) is 76.4 Å². The van der Waals surface area contributed by atoms with Crippen molar-refractivity contribution >= 4 is 17.1 Å². The number of pyridine rings is 2. The van der Waals surface area contributed by atoms with E-state index in [1.165, 1.54) is 0 Å². The first-order valence-corrected chi connectivity index (χ1v) is 9.59. The second-order valence-electron chi connectivity index (χ2n) is 7.31. The SMILES string of the molecule is O=C(c1cnc2c(c1)ncn2Cc1cccnc1)N1CC(N2CCOCC2)C1. The van der Waals surface area contributed by atoms with Gasteiger partial charge < -0.3 is 14.2 Å². The quantitative estimate of drug-likeness (QED) is 0.675. The van der Waals surface area contributed by atoms with Crippen molar-refractivity contribution in [3.05, 3.63) is 54.2 Å². The summed E-state index contributed by atoms with van der Waals surface area (Å²) in [4.78, 5) is 30.2. The smallest absolute Gasteiger partial charge is 0.255 e. The molecule has 2 aliphatic heterocycles. The molecule has 0 aliphatic carbocycles. The summed E-state index contributed by atoms with van der Waals surface area (Å²) in [5.41, 5.74) is 3.19. The van der Waals surface area contributed by atoms with Crippen LogP contribution in [-0.4, -0.2) is 80.7 Å². The maximum Gasteiger partial charge on any atom is 0.255 e. The Morgan fingerprint density at radius 2 is 2.04 bits per heavy atom. The van der Waals surface area contributed by atoms with Gasteiger partial charge in [-0.2, -0.15) is 0 Å². The highest BCUT2D eigenvalue weighted by atomic mass is 16.5. The summed E-state index contributed by atoms with van der Waals surface area (Å²) in [5, 5.41) is 0. The zero-order valence-electron chi connectivity index (χ0n) is 15.6. The van der Waals surface area contributed by atoms with Gasteiger partial charge in [0.2, 0.25) is 0 Å². The van der Waals surface area contributed by atoms with Crippen LogP contribution >= 0.6 is 0 Å². The molecular weight excluding hydrogens is 356 g/mol. The molecule has 0 bridgehead atoms. The van der Waals surface area contributed by atoms with E-state index in [9.17, 15) is 4.79 Å². The number of carbonyl (C=O) groups excluding carboxylic acids is 1. The van der Waals surface area contributed by atoms with Crippen LogP contribution in [0.3, 0.4) is 0 Å². The van der Waals surface area contributed by atoms with E-state index in [0.717, 1.165) is 56.1 Å². The average molecular weight is 378 g/mol. The van der Waals surface area contributed by atoms with Crippen molar-refractivity contribution < 1.29 is 9.53 Å². The number of amides is 1. The molecule has 144 valence electrons. The number of carbonyl (C=O) groups is 1. The van der Waals surface area contributed by atoms with Crippen LogP contribution in [0, 0.1) is 0 Å². The highest BCUT2D eigenvalue weighted by molar-refractivity contribution is 5.96. The van der Waals surface area contributed by atoms with E-state index in [4.69, 9.17) is 4.74 Å². The Bertz CT molecular complexity index is 977. The zero-order valence-corrected chi connectivity index (χ0v) is 15.6. The summed E-state index contributed by atoms with van der Waals surface area (Å²) in [5.74, 6) is 0.0284. The molecule has 2 aliphatic rings. The third kappa shape index (κ3) is 3.25. The van der Waals surface area contributed by atoms with Gasteiger partial charge >= 0.3 is 0 Å². The molecule has 8 heteroatoms. The fourth-order valence-electron chi connectivity index (χ4n) is 3.85. The first-order chi connectivity index (χ1) is 13.8. The minimum Gasteiger partial charge on any atom is -0.379 e. The Balaban J connectivity index is 1.27. The molecule has 5 heterocycles. The lowest BCUT2D eigenvalue weighted by Gasteiger charge is -2.46. The number of likely N-dealkylation sites (tertiary alicyclic amines) is 1. The van der Waals surface area contributed by atoms with Crippen LogP contribution in [0.5, 0.6) is 0 Å². The summed E-state index contributed by atoms with van der Waals surface area (Å²) < 4.78 is 7.37. The van der Waals surface area contributed by atoms with Gasteiger partial charge in [-0.15, -0.1) is 0 Å². The predicted molar refractivity (Wildman–Crippen MR) is 103 cm³/mol. The minimum absolute atomic E-state index is 0.0284. The van der Waals surface area contributed by atoms with Gasteiger partial charge in [0.1, 0.15) is 5.52 Å². The van der Waals surface area contributed by atoms with Crippen LogP contribution in [0.25, 0.3) is 11.2 Å². The Kier molecular flexibility index (Phi) is 4.50. The van der Waals surface area contributed by atoms with Crippen molar-refractivity contribution in [2.24, 2.45) is 0 Å². The Hall–Kier alpha value is -2.84.